The van der Waals surface area contributed by atoms with Gasteiger partial charge in [0, 0.05) is 48.8 Å². The molecule has 1 aliphatic rings. The van der Waals surface area contributed by atoms with E-state index in [0.29, 0.717) is 0 Å². The zero-order valence-electron chi connectivity index (χ0n) is 16.4. The molecule has 0 N–H and O–H groups in total. The number of hydrogen-bond donors (Lipinski definition) is 0. The van der Waals surface area contributed by atoms with Crippen LogP contribution in [0, 0.1) is 5.92 Å². The van der Waals surface area contributed by atoms with Crippen LogP contribution in [-0.2, 0) is 6.42 Å². The summed E-state index contributed by atoms with van der Waals surface area (Å²) in [6.07, 6.45) is 13.8. The number of aromatic nitrogens is 3. The van der Waals surface area contributed by atoms with Gasteiger partial charge in [-0.25, -0.2) is 4.98 Å². The van der Waals surface area contributed by atoms with Gasteiger partial charge in [0.25, 0.3) is 0 Å². The fraction of sp³-hybridized carbons (Fsp3) is 0.292. The highest BCUT2D eigenvalue weighted by atomic mass is 16.3. The van der Waals surface area contributed by atoms with Gasteiger partial charge in [-0.15, -0.1) is 0 Å². The molecule has 0 spiro atoms. The van der Waals surface area contributed by atoms with Crippen molar-refractivity contribution in [3.63, 3.8) is 0 Å². The Bertz CT molecular complexity index is 1080. The number of piperidine rings is 1. The summed E-state index contributed by atoms with van der Waals surface area (Å²) in [5.41, 5.74) is 4.31. The molecule has 1 fully saturated rings. The smallest absolute Gasteiger partial charge is 0.155 e. The van der Waals surface area contributed by atoms with E-state index in [2.05, 4.69) is 39.1 Å². The first-order valence-corrected chi connectivity index (χ1v) is 10.3. The van der Waals surface area contributed by atoms with E-state index in [4.69, 9.17) is 9.40 Å². The molecule has 5 rings (SSSR count). The molecule has 0 unspecified atom stereocenters. The third-order valence-corrected chi connectivity index (χ3v) is 5.91. The molecule has 1 saturated heterocycles. The Balaban J connectivity index is 1.29. The van der Waals surface area contributed by atoms with E-state index >= 15 is 0 Å². The highest BCUT2D eigenvalue weighted by molar-refractivity contribution is 5.85. The van der Waals surface area contributed by atoms with Gasteiger partial charge in [-0.3, -0.25) is 9.97 Å². The van der Waals surface area contributed by atoms with Gasteiger partial charge >= 0.3 is 0 Å². The number of fused-ring (bicyclic) bond motifs is 1. The van der Waals surface area contributed by atoms with Gasteiger partial charge in [0.2, 0.25) is 0 Å². The molecule has 29 heavy (non-hydrogen) atoms. The van der Waals surface area contributed by atoms with Crippen molar-refractivity contribution < 1.29 is 4.42 Å². The van der Waals surface area contributed by atoms with Crippen LogP contribution in [0.1, 0.15) is 24.8 Å². The minimum atomic E-state index is 0.766. The lowest BCUT2D eigenvalue weighted by atomic mass is 9.90. The summed E-state index contributed by atoms with van der Waals surface area (Å²) in [5.74, 6) is 1.75. The average molecular weight is 384 g/mol. The fourth-order valence-corrected chi connectivity index (χ4v) is 4.23. The maximum Gasteiger partial charge on any atom is 0.155 e. The Morgan fingerprint density at radius 3 is 2.62 bits per heavy atom. The Morgan fingerprint density at radius 2 is 1.76 bits per heavy atom. The van der Waals surface area contributed by atoms with Crippen molar-refractivity contribution >= 4 is 16.8 Å². The number of nitrogens with zero attached hydrogens (tertiary/aromatic N) is 4. The Kier molecular flexibility index (Phi) is 4.95. The summed E-state index contributed by atoms with van der Waals surface area (Å²) in [5, 5.41) is 1.09. The lowest BCUT2D eigenvalue weighted by molar-refractivity contribution is 0.380. The van der Waals surface area contributed by atoms with Gasteiger partial charge in [-0.05, 0) is 73.6 Å². The minimum Gasteiger partial charge on any atom is -0.464 e. The number of furan rings is 1. The van der Waals surface area contributed by atoms with Gasteiger partial charge < -0.3 is 9.32 Å². The molecule has 0 bridgehead atoms. The van der Waals surface area contributed by atoms with Crippen LogP contribution in [0.15, 0.2) is 71.9 Å². The molecule has 1 aromatic carbocycles. The van der Waals surface area contributed by atoms with Crippen LogP contribution < -0.4 is 4.90 Å². The number of pyridine rings is 1. The molecule has 0 atom stereocenters. The van der Waals surface area contributed by atoms with E-state index in [1.807, 2.05) is 24.5 Å². The standard InChI is InChI=1S/C24H24N4O/c1(18-5-10-25-11-6-18)2-19-7-14-28(15-8-19)24-23(26-12-13-27-24)21-3-4-22-20(17-21)9-16-29-22/h3-6,9-13,16-17,19H,1-2,7-8,14-15H2. The van der Waals surface area contributed by atoms with Crippen molar-refractivity contribution in [1.82, 2.24) is 15.0 Å². The average Bonchev–Trinajstić information content (AvgIpc) is 3.27. The normalized spacial score (nSPS) is 15.1. The largest absolute Gasteiger partial charge is 0.464 e. The lowest BCUT2D eigenvalue weighted by Gasteiger charge is -2.33. The van der Waals surface area contributed by atoms with Crippen LogP contribution in [0.2, 0.25) is 0 Å². The molecule has 0 saturated carbocycles. The van der Waals surface area contributed by atoms with Crippen LogP contribution in [0.25, 0.3) is 22.2 Å². The van der Waals surface area contributed by atoms with Gasteiger partial charge in [0.15, 0.2) is 5.82 Å². The summed E-state index contributed by atoms with van der Waals surface area (Å²) in [4.78, 5) is 15.9. The van der Waals surface area contributed by atoms with Crippen LogP contribution in [0.3, 0.4) is 0 Å². The highest BCUT2D eigenvalue weighted by Crippen LogP contribution is 2.32. The van der Waals surface area contributed by atoms with Gasteiger partial charge in [-0.1, -0.05) is 0 Å². The van der Waals surface area contributed by atoms with Gasteiger partial charge in [0.1, 0.15) is 11.3 Å². The van der Waals surface area contributed by atoms with Crippen LogP contribution in [-0.4, -0.2) is 28.0 Å². The predicted octanol–water partition coefficient (Wildman–Crippen LogP) is 5.13. The predicted molar refractivity (Wildman–Crippen MR) is 115 cm³/mol. The fourth-order valence-electron chi connectivity index (χ4n) is 4.23. The maximum absolute atomic E-state index is 5.47. The summed E-state index contributed by atoms with van der Waals surface area (Å²) in [6.45, 7) is 2.06. The molecular weight excluding hydrogens is 360 g/mol. The molecule has 5 nitrogen and oxygen atoms in total. The third-order valence-electron chi connectivity index (χ3n) is 5.91. The van der Waals surface area contributed by atoms with Crippen molar-refractivity contribution in [2.45, 2.75) is 25.7 Å². The number of hydrogen-bond acceptors (Lipinski definition) is 5. The molecule has 146 valence electrons. The van der Waals surface area contributed by atoms with Crippen LogP contribution >= 0.6 is 0 Å². The Labute approximate surface area is 170 Å². The first-order valence-electron chi connectivity index (χ1n) is 10.3. The number of aryl methyl sites for hydroxylation is 1. The Morgan fingerprint density at radius 1 is 0.931 bits per heavy atom. The lowest BCUT2D eigenvalue weighted by Crippen LogP contribution is -2.34. The van der Waals surface area contributed by atoms with Crippen LogP contribution in [0.4, 0.5) is 5.82 Å². The monoisotopic (exact) mass is 384 g/mol. The van der Waals surface area contributed by atoms with Gasteiger partial charge in [-0.2, -0.15) is 0 Å². The maximum atomic E-state index is 5.47. The molecule has 4 aromatic rings. The summed E-state index contributed by atoms with van der Waals surface area (Å²) in [7, 11) is 0. The van der Waals surface area contributed by atoms with E-state index < -0.39 is 0 Å². The van der Waals surface area contributed by atoms with E-state index in [1.54, 1.807) is 18.7 Å². The number of rotatable bonds is 5. The number of benzene rings is 1. The van der Waals surface area contributed by atoms with E-state index in [1.165, 1.54) is 24.8 Å². The zero-order chi connectivity index (χ0) is 19.5. The molecule has 0 aliphatic carbocycles. The molecule has 0 amide bonds. The van der Waals surface area contributed by atoms with Crippen LogP contribution in [0.5, 0.6) is 0 Å². The minimum absolute atomic E-state index is 0.766. The van der Waals surface area contributed by atoms with Crippen molar-refractivity contribution in [3.05, 3.63) is 73.0 Å². The first kappa shape index (κ1) is 17.9. The van der Waals surface area contributed by atoms with E-state index in [-0.39, 0.29) is 0 Å². The summed E-state index contributed by atoms with van der Waals surface area (Å²) in [6, 6.07) is 12.4. The molecular formula is C24H24N4O. The highest BCUT2D eigenvalue weighted by Gasteiger charge is 2.23. The Hall–Kier alpha value is -3.21. The molecule has 5 heteroatoms. The second-order valence-electron chi connectivity index (χ2n) is 7.73. The van der Waals surface area contributed by atoms with E-state index in [0.717, 1.165) is 53.5 Å². The van der Waals surface area contributed by atoms with Crippen molar-refractivity contribution in [2.24, 2.45) is 5.92 Å². The SMILES string of the molecule is c1cc(CCC2CCN(c3nccnc3-c3ccc4occc4c3)CC2)ccn1. The van der Waals surface area contributed by atoms with Crippen molar-refractivity contribution in [2.75, 3.05) is 18.0 Å². The second-order valence-corrected chi connectivity index (χ2v) is 7.73. The summed E-state index contributed by atoms with van der Waals surface area (Å²) >= 11 is 0. The van der Waals surface area contributed by atoms with Crippen molar-refractivity contribution in [3.8, 4) is 11.3 Å². The number of anilines is 1. The quantitative estimate of drug-likeness (QED) is 0.477. The van der Waals surface area contributed by atoms with Crippen molar-refractivity contribution in [1.29, 1.82) is 0 Å². The molecule has 1 aliphatic heterocycles. The molecule has 4 heterocycles. The van der Waals surface area contributed by atoms with E-state index in [9.17, 15) is 0 Å². The summed E-state index contributed by atoms with van der Waals surface area (Å²) < 4.78 is 5.47. The topological polar surface area (TPSA) is 55.1 Å². The molecule has 0 radical (unpaired) electrons. The first-order chi connectivity index (χ1) is 14.4. The second kappa shape index (κ2) is 8.03. The van der Waals surface area contributed by atoms with Gasteiger partial charge in [0.05, 0.1) is 6.26 Å². The zero-order valence-corrected chi connectivity index (χ0v) is 16.4. The molecule has 3 aromatic heterocycles. The third kappa shape index (κ3) is 3.86.